The minimum Gasteiger partial charge on any atom is -0.408 e. The van der Waals surface area contributed by atoms with E-state index in [1.165, 1.54) is 6.08 Å². The highest BCUT2D eigenvalue weighted by molar-refractivity contribution is 5.98. The molecular formula is C17H14N4O4. The molecule has 8 heteroatoms. The third-order valence-electron chi connectivity index (χ3n) is 3.24. The van der Waals surface area contributed by atoms with Gasteiger partial charge in [-0.05, 0) is 35.9 Å². The predicted octanol–water partition coefficient (Wildman–Crippen LogP) is 1.28. The van der Waals surface area contributed by atoms with Crippen molar-refractivity contribution in [3.8, 4) is 0 Å². The molecule has 0 aliphatic rings. The summed E-state index contributed by atoms with van der Waals surface area (Å²) in [6, 6.07) is 8.30. The summed E-state index contributed by atoms with van der Waals surface area (Å²) in [5.41, 5.74) is 2.14. The molecule has 0 saturated carbocycles. The number of hydrogen-bond donors (Lipinski definition) is 3. The Labute approximate surface area is 141 Å². The molecule has 0 fully saturated rings. The normalized spacial score (nSPS) is 10.9. The number of benzene rings is 1. The van der Waals surface area contributed by atoms with Crippen LogP contribution in [0.3, 0.4) is 0 Å². The van der Waals surface area contributed by atoms with E-state index in [9.17, 15) is 14.4 Å². The Bertz CT molecular complexity index is 989. The number of pyridine rings is 1. The van der Waals surface area contributed by atoms with Gasteiger partial charge in [-0.25, -0.2) is 4.79 Å². The van der Waals surface area contributed by atoms with E-state index in [-0.39, 0.29) is 6.54 Å². The summed E-state index contributed by atoms with van der Waals surface area (Å²) < 4.78 is 4.88. The molecule has 2 aromatic heterocycles. The van der Waals surface area contributed by atoms with Crippen molar-refractivity contribution in [2.75, 3.05) is 11.9 Å². The standard InChI is InChI=1S/C17H14N4O4/c22-15(6-3-11-2-1-7-18-9-11)19-10-16(23)20-12-4-5-14-13(8-12)21-17(24)25-14/h1-9H,10H2,(H,19,22)(H,20,23)(H,21,24)/b6-3+. The van der Waals surface area contributed by atoms with Crippen LogP contribution in [0.15, 0.2) is 58.0 Å². The summed E-state index contributed by atoms with van der Waals surface area (Å²) in [5.74, 6) is -1.35. The van der Waals surface area contributed by atoms with Gasteiger partial charge in [0, 0.05) is 24.2 Å². The van der Waals surface area contributed by atoms with Gasteiger partial charge in [0.25, 0.3) is 0 Å². The van der Waals surface area contributed by atoms with Crippen molar-refractivity contribution in [1.82, 2.24) is 15.3 Å². The molecule has 0 unspecified atom stereocenters. The second-order valence-electron chi connectivity index (χ2n) is 5.11. The van der Waals surface area contributed by atoms with Crippen LogP contribution in [-0.4, -0.2) is 28.3 Å². The van der Waals surface area contributed by atoms with Crippen LogP contribution in [-0.2, 0) is 9.59 Å². The lowest BCUT2D eigenvalue weighted by Crippen LogP contribution is -2.31. The third-order valence-corrected chi connectivity index (χ3v) is 3.24. The van der Waals surface area contributed by atoms with Crippen LogP contribution in [0.25, 0.3) is 17.2 Å². The maximum absolute atomic E-state index is 11.9. The molecule has 0 aliphatic heterocycles. The van der Waals surface area contributed by atoms with Crippen molar-refractivity contribution in [1.29, 1.82) is 0 Å². The molecule has 0 aliphatic carbocycles. The molecule has 0 radical (unpaired) electrons. The fourth-order valence-electron chi connectivity index (χ4n) is 2.11. The van der Waals surface area contributed by atoms with E-state index in [2.05, 4.69) is 20.6 Å². The van der Waals surface area contributed by atoms with E-state index >= 15 is 0 Å². The number of hydrogen-bond acceptors (Lipinski definition) is 5. The first kappa shape index (κ1) is 16.2. The van der Waals surface area contributed by atoms with Gasteiger partial charge >= 0.3 is 5.76 Å². The SMILES string of the molecule is O=C(/C=C/c1cccnc1)NCC(=O)Nc1ccc2oc(=O)[nH]c2c1. The third kappa shape index (κ3) is 4.41. The smallest absolute Gasteiger partial charge is 0.408 e. The van der Waals surface area contributed by atoms with Crippen molar-refractivity contribution in [3.63, 3.8) is 0 Å². The number of aromatic nitrogens is 2. The lowest BCUT2D eigenvalue weighted by molar-refractivity contribution is -0.121. The number of aromatic amines is 1. The quantitative estimate of drug-likeness (QED) is 0.606. The molecule has 0 saturated heterocycles. The Kier molecular flexibility index (Phi) is 4.70. The summed E-state index contributed by atoms with van der Waals surface area (Å²) in [5, 5.41) is 5.10. The topological polar surface area (TPSA) is 117 Å². The Morgan fingerprint density at radius 3 is 2.96 bits per heavy atom. The van der Waals surface area contributed by atoms with E-state index in [4.69, 9.17) is 4.42 Å². The van der Waals surface area contributed by atoms with Gasteiger partial charge in [0.05, 0.1) is 12.1 Å². The lowest BCUT2D eigenvalue weighted by Gasteiger charge is -2.05. The van der Waals surface area contributed by atoms with Gasteiger partial charge in [-0.15, -0.1) is 0 Å². The van der Waals surface area contributed by atoms with Crippen molar-refractivity contribution < 1.29 is 14.0 Å². The van der Waals surface area contributed by atoms with E-state index < -0.39 is 17.6 Å². The van der Waals surface area contributed by atoms with Crippen LogP contribution in [0.1, 0.15) is 5.56 Å². The molecule has 3 rings (SSSR count). The number of carbonyl (C=O) groups excluding carboxylic acids is 2. The Hall–Kier alpha value is -3.68. The number of nitrogens with zero attached hydrogens (tertiary/aromatic N) is 1. The largest absolute Gasteiger partial charge is 0.417 e. The fourth-order valence-corrected chi connectivity index (χ4v) is 2.11. The van der Waals surface area contributed by atoms with Crippen molar-refractivity contribution in [2.24, 2.45) is 0 Å². The van der Waals surface area contributed by atoms with E-state index in [1.807, 2.05) is 0 Å². The molecule has 8 nitrogen and oxygen atoms in total. The van der Waals surface area contributed by atoms with E-state index in [1.54, 1.807) is 48.8 Å². The van der Waals surface area contributed by atoms with Gasteiger partial charge in [-0.3, -0.25) is 19.6 Å². The van der Waals surface area contributed by atoms with Gasteiger partial charge in [0.15, 0.2) is 5.58 Å². The average molecular weight is 338 g/mol. The summed E-state index contributed by atoms with van der Waals surface area (Å²) in [6.07, 6.45) is 6.18. The number of amides is 2. The highest BCUT2D eigenvalue weighted by Gasteiger charge is 2.06. The molecule has 2 heterocycles. The van der Waals surface area contributed by atoms with Gasteiger partial charge in [0.2, 0.25) is 11.8 Å². The van der Waals surface area contributed by atoms with Crippen LogP contribution in [0.5, 0.6) is 0 Å². The molecule has 3 N–H and O–H groups in total. The fraction of sp³-hybridized carbons (Fsp3) is 0.0588. The zero-order chi connectivity index (χ0) is 17.6. The Morgan fingerprint density at radius 1 is 1.28 bits per heavy atom. The zero-order valence-electron chi connectivity index (χ0n) is 13.0. The first-order valence-electron chi connectivity index (χ1n) is 7.39. The summed E-state index contributed by atoms with van der Waals surface area (Å²) in [7, 11) is 0. The molecule has 1 aromatic carbocycles. The first-order chi connectivity index (χ1) is 12.1. The van der Waals surface area contributed by atoms with Gasteiger partial charge in [-0.1, -0.05) is 6.07 Å². The average Bonchev–Trinajstić information content (AvgIpc) is 2.98. The van der Waals surface area contributed by atoms with Crippen LogP contribution < -0.4 is 16.4 Å². The van der Waals surface area contributed by atoms with Gasteiger partial charge in [-0.2, -0.15) is 0 Å². The minimum absolute atomic E-state index is 0.184. The number of anilines is 1. The maximum atomic E-state index is 11.9. The zero-order valence-corrected chi connectivity index (χ0v) is 13.0. The van der Waals surface area contributed by atoms with E-state index in [0.717, 1.165) is 5.56 Å². The van der Waals surface area contributed by atoms with Crippen molar-refractivity contribution in [2.45, 2.75) is 0 Å². The highest BCUT2D eigenvalue weighted by atomic mass is 16.4. The molecule has 25 heavy (non-hydrogen) atoms. The van der Waals surface area contributed by atoms with Crippen LogP contribution >= 0.6 is 0 Å². The highest BCUT2D eigenvalue weighted by Crippen LogP contribution is 2.15. The molecule has 0 atom stereocenters. The Balaban J connectivity index is 1.52. The lowest BCUT2D eigenvalue weighted by atomic mass is 10.2. The van der Waals surface area contributed by atoms with Gasteiger partial charge in [0.1, 0.15) is 0 Å². The number of fused-ring (bicyclic) bond motifs is 1. The van der Waals surface area contributed by atoms with Crippen molar-refractivity contribution >= 4 is 34.7 Å². The predicted molar refractivity (Wildman–Crippen MR) is 91.7 cm³/mol. The minimum atomic E-state index is -0.564. The number of oxazole rings is 1. The number of H-pyrrole nitrogens is 1. The van der Waals surface area contributed by atoms with Gasteiger partial charge < -0.3 is 15.1 Å². The Morgan fingerprint density at radius 2 is 2.16 bits per heavy atom. The molecule has 0 bridgehead atoms. The number of rotatable bonds is 5. The molecule has 126 valence electrons. The molecule has 0 spiro atoms. The summed E-state index contributed by atoms with van der Waals surface area (Å²) in [4.78, 5) is 41.1. The number of carbonyl (C=O) groups is 2. The van der Waals surface area contributed by atoms with Crippen molar-refractivity contribution in [3.05, 3.63) is 64.9 Å². The molecule has 2 amide bonds. The maximum Gasteiger partial charge on any atom is 0.417 e. The molecular weight excluding hydrogens is 324 g/mol. The van der Waals surface area contributed by atoms with Crippen LogP contribution in [0.4, 0.5) is 5.69 Å². The monoisotopic (exact) mass is 338 g/mol. The second-order valence-corrected chi connectivity index (χ2v) is 5.11. The van der Waals surface area contributed by atoms with E-state index in [0.29, 0.717) is 16.8 Å². The number of nitrogens with one attached hydrogen (secondary N) is 3. The van der Waals surface area contributed by atoms with Crippen LogP contribution in [0, 0.1) is 0 Å². The summed E-state index contributed by atoms with van der Waals surface area (Å²) in [6.45, 7) is -0.184. The summed E-state index contributed by atoms with van der Waals surface area (Å²) >= 11 is 0. The molecule has 3 aromatic rings. The van der Waals surface area contributed by atoms with Crippen LogP contribution in [0.2, 0.25) is 0 Å². The second kappa shape index (κ2) is 7.26. The first-order valence-corrected chi connectivity index (χ1v) is 7.39.